The average molecular weight is 393 g/mol. The van der Waals surface area contributed by atoms with Crippen molar-refractivity contribution in [3.8, 4) is 22.5 Å². The second-order valence-corrected chi connectivity index (χ2v) is 7.69. The molecule has 1 fully saturated rings. The van der Waals surface area contributed by atoms with Gasteiger partial charge in [-0.2, -0.15) is 0 Å². The van der Waals surface area contributed by atoms with Crippen molar-refractivity contribution in [2.75, 3.05) is 27.2 Å². The van der Waals surface area contributed by atoms with Gasteiger partial charge < -0.3 is 14.4 Å². The SMILES string of the molecule is CN(C)C1CCN(C(=O)c2cc(-c3cnc(-c4cccc(F)c4)nc3)cn2C)C1. The zero-order valence-corrected chi connectivity index (χ0v) is 16.8. The monoisotopic (exact) mass is 393 g/mol. The third kappa shape index (κ3) is 3.91. The second kappa shape index (κ2) is 7.75. The molecule has 6 nitrogen and oxygen atoms in total. The van der Waals surface area contributed by atoms with Crippen LogP contribution in [0.1, 0.15) is 16.9 Å². The molecule has 29 heavy (non-hydrogen) atoms. The summed E-state index contributed by atoms with van der Waals surface area (Å²) in [6.07, 6.45) is 6.31. The highest BCUT2D eigenvalue weighted by atomic mass is 19.1. The molecule has 0 radical (unpaired) electrons. The Balaban J connectivity index is 1.54. The quantitative estimate of drug-likeness (QED) is 0.684. The maximum absolute atomic E-state index is 13.4. The first kappa shape index (κ1) is 19.3. The molecule has 3 aromatic rings. The normalized spacial score (nSPS) is 16.6. The number of benzene rings is 1. The number of rotatable bonds is 4. The zero-order chi connectivity index (χ0) is 20.5. The summed E-state index contributed by atoms with van der Waals surface area (Å²) in [5, 5.41) is 0. The number of likely N-dealkylation sites (N-methyl/N-ethyl adjacent to an activating group) is 1. The summed E-state index contributed by atoms with van der Waals surface area (Å²) in [6.45, 7) is 1.52. The topological polar surface area (TPSA) is 54.3 Å². The number of carbonyl (C=O) groups excluding carboxylic acids is 1. The van der Waals surface area contributed by atoms with Gasteiger partial charge in [0.1, 0.15) is 11.5 Å². The molecule has 1 amide bonds. The van der Waals surface area contributed by atoms with E-state index in [-0.39, 0.29) is 11.7 Å². The van der Waals surface area contributed by atoms with Gasteiger partial charge in [0.2, 0.25) is 0 Å². The Morgan fingerprint density at radius 3 is 2.55 bits per heavy atom. The summed E-state index contributed by atoms with van der Waals surface area (Å²) < 4.78 is 15.3. The molecular formula is C22H24FN5O. The molecule has 1 atom stereocenters. The summed E-state index contributed by atoms with van der Waals surface area (Å²) in [4.78, 5) is 25.8. The van der Waals surface area contributed by atoms with E-state index in [0.717, 1.165) is 30.6 Å². The minimum Gasteiger partial charge on any atom is -0.346 e. The van der Waals surface area contributed by atoms with Crippen molar-refractivity contribution >= 4 is 5.91 Å². The van der Waals surface area contributed by atoms with Gasteiger partial charge in [0, 0.05) is 61.5 Å². The van der Waals surface area contributed by atoms with E-state index < -0.39 is 0 Å². The van der Waals surface area contributed by atoms with Crippen LogP contribution in [-0.2, 0) is 7.05 Å². The summed E-state index contributed by atoms with van der Waals surface area (Å²) in [7, 11) is 5.97. The molecule has 2 aromatic heterocycles. The largest absolute Gasteiger partial charge is 0.346 e. The van der Waals surface area contributed by atoms with Gasteiger partial charge in [0.25, 0.3) is 5.91 Å². The van der Waals surface area contributed by atoms with Crippen molar-refractivity contribution in [1.29, 1.82) is 0 Å². The van der Waals surface area contributed by atoms with E-state index in [9.17, 15) is 9.18 Å². The number of halogens is 1. The van der Waals surface area contributed by atoms with Crippen LogP contribution in [0.3, 0.4) is 0 Å². The highest BCUT2D eigenvalue weighted by molar-refractivity contribution is 5.94. The zero-order valence-electron chi connectivity index (χ0n) is 16.8. The molecule has 0 N–H and O–H groups in total. The number of carbonyl (C=O) groups is 1. The molecule has 0 bridgehead atoms. The fourth-order valence-corrected chi connectivity index (χ4v) is 3.70. The molecule has 0 spiro atoms. The van der Waals surface area contributed by atoms with Gasteiger partial charge in [-0.15, -0.1) is 0 Å². The van der Waals surface area contributed by atoms with Crippen molar-refractivity contribution in [2.45, 2.75) is 12.5 Å². The predicted molar refractivity (Wildman–Crippen MR) is 110 cm³/mol. The number of aromatic nitrogens is 3. The smallest absolute Gasteiger partial charge is 0.270 e. The first-order valence-electron chi connectivity index (χ1n) is 9.63. The van der Waals surface area contributed by atoms with Gasteiger partial charge in [-0.25, -0.2) is 14.4 Å². The Hall–Kier alpha value is -3.06. The predicted octanol–water partition coefficient (Wildman–Crippen LogP) is 3.06. The molecule has 1 saturated heterocycles. The first-order valence-corrected chi connectivity index (χ1v) is 9.63. The summed E-state index contributed by atoms with van der Waals surface area (Å²) in [5.41, 5.74) is 2.97. The lowest BCUT2D eigenvalue weighted by molar-refractivity contribution is 0.0773. The van der Waals surface area contributed by atoms with Crippen molar-refractivity contribution in [2.24, 2.45) is 7.05 Å². The van der Waals surface area contributed by atoms with E-state index in [0.29, 0.717) is 23.1 Å². The molecule has 4 rings (SSSR count). The summed E-state index contributed by atoms with van der Waals surface area (Å²) in [6, 6.07) is 8.49. The lowest BCUT2D eigenvalue weighted by atomic mass is 10.1. The number of nitrogens with zero attached hydrogens (tertiary/aromatic N) is 5. The van der Waals surface area contributed by atoms with Crippen LogP contribution in [0.25, 0.3) is 22.5 Å². The van der Waals surface area contributed by atoms with Crippen LogP contribution in [-0.4, -0.2) is 63.5 Å². The maximum atomic E-state index is 13.4. The van der Waals surface area contributed by atoms with Gasteiger partial charge in [0.05, 0.1) is 0 Å². The van der Waals surface area contributed by atoms with E-state index in [4.69, 9.17) is 0 Å². The molecule has 1 unspecified atom stereocenters. The molecule has 7 heteroatoms. The number of hydrogen-bond donors (Lipinski definition) is 0. The van der Waals surface area contributed by atoms with Crippen molar-refractivity contribution in [1.82, 2.24) is 24.3 Å². The van der Waals surface area contributed by atoms with Crippen LogP contribution in [0.4, 0.5) is 4.39 Å². The summed E-state index contributed by atoms with van der Waals surface area (Å²) >= 11 is 0. The Morgan fingerprint density at radius 2 is 1.90 bits per heavy atom. The van der Waals surface area contributed by atoms with Crippen molar-refractivity contribution in [3.63, 3.8) is 0 Å². The average Bonchev–Trinajstić information content (AvgIpc) is 3.35. The van der Waals surface area contributed by atoms with Crippen LogP contribution in [0.2, 0.25) is 0 Å². The number of amides is 1. The third-order valence-corrected chi connectivity index (χ3v) is 5.47. The molecule has 0 aliphatic carbocycles. The van der Waals surface area contributed by atoms with Crippen LogP contribution in [0, 0.1) is 5.82 Å². The molecule has 150 valence electrons. The minimum atomic E-state index is -0.320. The molecule has 1 aliphatic rings. The Bertz CT molecular complexity index is 1030. The molecular weight excluding hydrogens is 369 g/mol. The summed E-state index contributed by atoms with van der Waals surface area (Å²) in [5.74, 6) is 0.187. The third-order valence-electron chi connectivity index (χ3n) is 5.47. The van der Waals surface area contributed by atoms with Crippen LogP contribution >= 0.6 is 0 Å². The maximum Gasteiger partial charge on any atom is 0.270 e. The molecule has 1 aromatic carbocycles. The first-order chi connectivity index (χ1) is 13.9. The molecule has 3 heterocycles. The van der Waals surface area contributed by atoms with Gasteiger partial charge >= 0.3 is 0 Å². The number of aryl methyl sites for hydroxylation is 1. The van der Waals surface area contributed by atoms with Crippen LogP contribution in [0.15, 0.2) is 48.9 Å². The van der Waals surface area contributed by atoms with Crippen molar-refractivity contribution < 1.29 is 9.18 Å². The Kier molecular flexibility index (Phi) is 5.15. The highest BCUT2D eigenvalue weighted by Crippen LogP contribution is 2.24. The Morgan fingerprint density at radius 1 is 1.14 bits per heavy atom. The van der Waals surface area contributed by atoms with Gasteiger partial charge in [-0.3, -0.25) is 4.79 Å². The van der Waals surface area contributed by atoms with Crippen molar-refractivity contribution in [3.05, 3.63) is 60.4 Å². The second-order valence-electron chi connectivity index (χ2n) is 7.69. The van der Waals surface area contributed by atoms with Gasteiger partial charge in [-0.05, 0) is 38.7 Å². The van der Waals surface area contributed by atoms with E-state index >= 15 is 0 Å². The van der Waals surface area contributed by atoms with Crippen LogP contribution in [0.5, 0.6) is 0 Å². The van der Waals surface area contributed by atoms with E-state index in [1.165, 1.54) is 12.1 Å². The molecule has 0 saturated carbocycles. The van der Waals surface area contributed by atoms with Crippen LogP contribution < -0.4 is 0 Å². The highest BCUT2D eigenvalue weighted by Gasteiger charge is 2.29. The van der Waals surface area contributed by atoms with E-state index in [1.807, 2.05) is 42.9 Å². The molecule has 1 aliphatic heterocycles. The van der Waals surface area contributed by atoms with E-state index in [1.54, 1.807) is 24.5 Å². The van der Waals surface area contributed by atoms with Gasteiger partial charge in [0.15, 0.2) is 5.82 Å². The van der Waals surface area contributed by atoms with E-state index in [2.05, 4.69) is 14.9 Å². The lowest BCUT2D eigenvalue weighted by Gasteiger charge is -2.20. The number of likely N-dealkylation sites (tertiary alicyclic amines) is 1. The Labute approximate surface area is 169 Å². The fraction of sp³-hybridized carbons (Fsp3) is 0.318. The van der Waals surface area contributed by atoms with Gasteiger partial charge in [-0.1, -0.05) is 12.1 Å². The minimum absolute atomic E-state index is 0.0420. The lowest BCUT2D eigenvalue weighted by Crippen LogP contribution is -2.35. The fourth-order valence-electron chi connectivity index (χ4n) is 3.70. The standard InChI is InChI=1S/C22H24FN5O/c1-26(2)19-7-8-28(14-19)22(29)20-10-16(13-27(20)3)17-11-24-21(25-12-17)15-5-4-6-18(23)9-15/h4-6,9-13,19H,7-8,14H2,1-3H3. The number of hydrogen-bond acceptors (Lipinski definition) is 4.